The summed E-state index contributed by atoms with van der Waals surface area (Å²) in [6, 6.07) is 8.69. The molecule has 2 aromatic rings. The van der Waals surface area contributed by atoms with E-state index in [0.29, 0.717) is 11.3 Å². The molecule has 2 aromatic carbocycles. The van der Waals surface area contributed by atoms with E-state index in [2.05, 4.69) is 10.6 Å². The van der Waals surface area contributed by atoms with Crippen molar-refractivity contribution < 1.29 is 23.5 Å². The monoisotopic (exact) mass is 362 g/mol. The van der Waals surface area contributed by atoms with Crippen molar-refractivity contribution in [3.8, 4) is 0 Å². The summed E-state index contributed by atoms with van der Waals surface area (Å²) < 4.78 is 27.5. The minimum absolute atomic E-state index is 0.180. The Kier molecular flexibility index (Phi) is 6.41. The van der Waals surface area contributed by atoms with Crippen molar-refractivity contribution in [3.05, 3.63) is 65.2 Å². The zero-order valence-electron chi connectivity index (χ0n) is 14.4. The minimum atomic E-state index is -1.00. The van der Waals surface area contributed by atoms with Crippen molar-refractivity contribution in [2.24, 2.45) is 5.92 Å². The van der Waals surface area contributed by atoms with Gasteiger partial charge in [-0.15, -0.1) is 0 Å². The molecule has 2 amide bonds. The van der Waals surface area contributed by atoms with Gasteiger partial charge in [-0.25, -0.2) is 8.78 Å². The number of nitrogens with one attached hydrogen (secondary N) is 2. The Hall–Kier alpha value is -2.80. The highest BCUT2D eigenvalue weighted by atomic mass is 19.1. The van der Waals surface area contributed by atoms with Crippen molar-refractivity contribution >= 4 is 17.5 Å². The van der Waals surface area contributed by atoms with Crippen molar-refractivity contribution in [2.45, 2.75) is 26.5 Å². The lowest BCUT2D eigenvalue weighted by Crippen LogP contribution is -2.47. The van der Waals surface area contributed by atoms with E-state index in [1.54, 1.807) is 38.1 Å². The molecule has 0 aromatic heterocycles. The Morgan fingerprint density at radius 1 is 1.08 bits per heavy atom. The fourth-order valence-corrected chi connectivity index (χ4v) is 2.43. The third-order valence-electron chi connectivity index (χ3n) is 3.80. The first kappa shape index (κ1) is 19.5. The first-order valence-electron chi connectivity index (χ1n) is 8.09. The van der Waals surface area contributed by atoms with E-state index in [-0.39, 0.29) is 12.5 Å². The molecule has 0 saturated heterocycles. The van der Waals surface area contributed by atoms with Gasteiger partial charge in [-0.3, -0.25) is 9.59 Å². The second-order valence-corrected chi connectivity index (χ2v) is 6.14. The number of carbonyl (C=O) groups excluding carboxylic acids is 2. The van der Waals surface area contributed by atoms with Gasteiger partial charge in [-0.05, 0) is 35.7 Å². The molecule has 0 fully saturated rings. The Morgan fingerprint density at radius 2 is 1.69 bits per heavy atom. The SMILES string of the molecule is CC(C)C(NC(=O)c1c(F)cccc1F)C(=O)Nc1cccc(CO)c1. The highest BCUT2D eigenvalue weighted by Crippen LogP contribution is 2.15. The second kappa shape index (κ2) is 8.53. The van der Waals surface area contributed by atoms with E-state index in [1.807, 2.05) is 0 Å². The maximum Gasteiger partial charge on any atom is 0.257 e. The maximum absolute atomic E-state index is 13.8. The first-order chi connectivity index (χ1) is 12.3. The number of amides is 2. The average Bonchev–Trinajstić information content (AvgIpc) is 2.59. The van der Waals surface area contributed by atoms with E-state index < -0.39 is 35.1 Å². The van der Waals surface area contributed by atoms with Gasteiger partial charge in [0, 0.05) is 5.69 Å². The lowest BCUT2D eigenvalue weighted by atomic mass is 10.0. The van der Waals surface area contributed by atoms with E-state index in [4.69, 9.17) is 5.11 Å². The summed E-state index contributed by atoms with van der Waals surface area (Å²) in [6.45, 7) is 3.22. The molecule has 1 unspecified atom stereocenters. The molecule has 1 atom stereocenters. The van der Waals surface area contributed by atoms with E-state index in [0.717, 1.165) is 18.2 Å². The quantitative estimate of drug-likeness (QED) is 0.739. The summed E-state index contributed by atoms with van der Waals surface area (Å²) in [5.74, 6) is -3.85. The van der Waals surface area contributed by atoms with Crippen LogP contribution in [-0.4, -0.2) is 23.0 Å². The molecule has 0 aliphatic rings. The number of halogens is 2. The van der Waals surface area contributed by atoms with Gasteiger partial charge in [0.2, 0.25) is 5.91 Å². The van der Waals surface area contributed by atoms with Crippen LogP contribution < -0.4 is 10.6 Å². The number of hydrogen-bond acceptors (Lipinski definition) is 3. The summed E-state index contributed by atoms with van der Waals surface area (Å²) in [6.07, 6.45) is 0. The second-order valence-electron chi connectivity index (χ2n) is 6.14. The topological polar surface area (TPSA) is 78.4 Å². The smallest absolute Gasteiger partial charge is 0.257 e. The van der Waals surface area contributed by atoms with Crippen LogP contribution in [0.15, 0.2) is 42.5 Å². The van der Waals surface area contributed by atoms with Gasteiger partial charge in [0.15, 0.2) is 0 Å². The standard InChI is InChI=1S/C19H20F2N2O3/c1-11(2)17(19(26)22-13-6-3-5-12(9-13)10-24)23-18(25)16-14(20)7-4-8-15(16)21/h3-9,11,17,24H,10H2,1-2H3,(H,22,26)(H,23,25). The van der Waals surface area contributed by atoms with Crippen molar-refractivity contribution in [1.82, 2.24) is 5.32 Å². The van der Waals surface area contributed by atoms with Gasteiger partial charge >= 0.3 is 0 Å². The third-order valence-corrected chi connectivity index (χ3v) is 3.80. The Balaban J connectivity index is 2.17. The number of anilines is 1. The van der Waals surface area contributed by atoms with Crippen LogP contribution in [0.25, 0.3) is 0 Å². The van der Waals surface area contributed by atoms with Gasteiger partial charge in [-0.1, -0.05) is 32.0 Å². The number of carbonyl (C=O) groups is 2. The number of hydrogen-bond donors (Lipinski definition) is 3. The Morgan fingerprint density at radius 3 is 2.27 bits per heavy atom. The molecular weight excluding hydrogens is 342 g/mol. The van der Waals surface area contributed by atoms with Crippen LogP contribution in [0, 0.1) is 17.6 Å². The average molecular weight is 362 g/mol. The molecule has 0 radical (unpaired) electrons. The molecule has 3 N–H and O–H groups in total. The number of aliphatic hydroxyl groups excluding tert-OH is 1. The lowest BCUT2D eigenvalue weighted by molar-refractivity contribution is -0.118. The van der Waals surface area contributed by atoms with Gasteiger partial charge in [0.25, 0.3) is 5.91 Å². The van der Waals surface area contributed by atoms with Crippen LogP contribution in [0.1, 0.15) is 29.8 Å². The molecule has 0 aliphatic carbocycles. The normalized spacial score (nSPS) is 11.9. The molecule has 0 bridgehead atoms. The minimum Gasteiger partial charge on any atom is -0.392 e. The molecule has 7 heteroatoms. The highest BCUT2D eigenvalue weighted by molar-refractivity contribution is 6.01. The van der Waals surface area contributed by atoms with Crippen molar-refractivity contribution in [3.63, 3.8) is 0 Å². The third kappa shape index (κ3) is 4.64. The van der Waals surface area contributed by atoms with Gasteiger partial charge in [0.1, 0.15) is 23.2 Å². The lowest BCUT2D eigenvalue weighted by Gasteiger charge is -2.22. The van der Waals surface area contributed by atoms with Crippen LogP contribution in [0.3, 0.4) is 0 Å². The van der Waals surface area contributed by atoms with Crippen LogP contribution in [0.4, 0.5) is 14.5 Å². The van der Waals surface area contributed by atoms with Crippen molar-refractivity contribution in [2.75, 3.05) is 5.32 Å². The van der Waals surface area contributed by atoms with Crippen molar-refractivity contribution in [1.29, 1.82) is 0 Å². The molecule has 0 saturated carbocycles. The predicted molar refractivity (Wildman–Crippen MR) is 93.4 cm³/mol. The van der Waals surface area contributed by atoms with Crippen LogP contribution in [-0.2, 0) is 11.4 Å². The molecular formula is C19H20F2N2O3. The predicted octanol–water partition coefficient (Wildman–Crippen LogP) is 2.85. The molecule has 0 spiro atoms. The maximum atomic E-state index is 13.8. The Labute approximate surface area is 150 Å². The Bertz CT molecular complexity index is 789. The highest BCUT2D eigenvalue weighted by Gasteiger charge is 2.27. The fourth-order valence-electron chi connectivity index (χ4n) is 2.43. The molecule has 26 heavy (non-hydrogen) atoms. The van der Waals surface area contributed by atoms with Crippen LogP contribution in [0.2, 0.25) is 0 Å². The fraction of sp³-hybridized carbons (Fsp3) is 0.263. The summed E-state index contributed by atoms with van der Waals surface area (Å²) in [7, 11) is 0. The summed E-state index contributed by atoms with van der Waals surface area (Å²) in [5.41, 5.74) is 0.327. The van der Waals surface area contributed by atoms with E-state index >= 15 is 0 Å². The largest absolute Gasteiger partial charge is 0.392 e. The summed E-state index contributed by atoms with van der Waals surface area (Å²) in [4.78, 5) is 24.8. The van der Waals surface area contributed by atoms with E-state index in [9.17, 15) is 18.4 Å². The molecule has 138 valence electrons. The zero-order valence-corrected chi connectivity index (χ0v) is 14.4. The molecule has 0 heterocycles. The summed E-state index contributed by atoms with van der Waals surface area (Å²) in [5, 5.41) is 14.2. The number of benzene rings is 2. The number of aliphatic hydroxyl groups is 1. The van der Waals surface area contributed by atoms with E-state index in [1.165, 1.54) is 0 Å². The molecule has 0 aliphatic heterocycles. The van der Waals surface area contributed by atoms with Crippen LogP contribution >= 0.6 is 0 Å². The van der Waals surface area contributed by atoms with Gasteiger partial charge in [0.05, 0.1) is 6.61 Å². The van der Waals surface area contributed by atoms with Gasteiger partial charge in [-0.2, -0.15) is 0 Å². The first-order valence-corrected chi connectivity index (χ1v) is 8.09. The number of rotatable bonds is 6. The summed E-state index contributed by atoms with van der Waals surface area (Å²) >= 11 is 0. The van der Waals surface area contributed by atoms with Crippen LogP contribution in [0.5, 0.6) is 0 Å². The molecule has 2 rings (SSSR count). The molecule has 5 nitrogen and oxygen atoms in total. The zero-order chi connectivity index (χ0) is 19.3. The van der Waals surface area contributed by atoms with Gasteiger partial charge < -0.3 is 15.7 Å².